The van der Waals surface area contributed by atoms with Crippen molar-refractivity contribution in [2.45, 2.75) is 12.2 Å². The molecule has 0 heterocycles. The quantitative estimate of drug-likeness (QED) is 0.838. The molecule has 20 heavy (non-hydrogen) atoms. The molecule has 0 radical (unpaired) electrons. The fourth-order valence-corrected chi connectivity index (χ4v) is 2.43. The summed E-state index contributed by atoms with van der Waals surface area (Å²) in [7, 11) is -1.58. The molecule has 0 atom stereocenters. The highest BCUT2D eigenvalue weighted by molar-refractivity contribution is 7.89. The third kappa shape index (κ3) is 5.40. The van der Waals surface area contributed by atoms with E-state index in [1.807, 2.05) is 0 Å². The van der Waals surface area contributed by atoms with Gasteiger partial charge in [0, 0.05) is 25.4 Å². The number of nitrogens with zero attached hydrogens (tertiary/aromatic N) is 1. The maximum absolute atomic E-state index is 12.0. The average molecular weight is 299 g/mol. The van der Waals surface area contributed by atoms with Crippen LogP contribution in [0.2, 0.25) is 0 Å². The Bertz CT molecular complexity index is 592. The molecule has 1 aromatic rings. The minimum Gasteiger partial charge on any atom is -0.481 e. The number of carbonyl (C=O) groups is 2. The molecule has 1 rings (SSSR count). The molecule has 0 saturated heterocycles. The van der Waals surface area contributed by atoms with Gasteiger partial charge in [-0.1, -0.05) is 12.1 Å². The van der Waals surface area contributed by atoms with Gasteiger partial charge in [-0.3, -0.25) is 9.59 Å². The van der Waals surface area contributed by atoms with Gasteiger partial charge in [0.05, 0.1) is 12.2 Å². The molecule has 0 aliphatic rings. The van der Waals surface area contributed by atoms with Gasteiger partial charge >= 0.3 is 5.97 Å². The Morgan fingerprint density at radius 2 is 1.75 bits per heavy atom. The lowest BCUT2D eigenvalue weighted by molar-refractivity contribution is -0.137. The van der Waals surface area contributed by atoms with Crippen LogP contribution in [0.5, 0.6) is 0 Å². The number of sulfone groups is 1. The van der Waals surface area contributed by atoms with Crippen molar-refractivity contribution in [1.82, 2.24) is 4.90 Å². The van der Waals surface area contributed by atoms with Crippen molar-refractivity contribution in [1.29, 1.82) is 0 Å². The summed E-state index contributed by atoms with van der Waals surface area (Å²) >= 11 is 0. The van der Waals surface area contributed by atoms with Crippen molar-refractivity contribution in [3.63, 3.8) is 0 Å². The largest absolute Gasteiger partial charge is 0.481 e. The van der Waals surface area contributed by atoms with E-state index in [9.17, 15) is 18.0 Å². The van der Waals surface area contributed by atoms with Crippen LogP contribution < -0.4 is 0 Å². The molecule has 1 N–H and O–H groups in total. The van der Waals surface area contributed by atoms with Gasteiger partial charge < -0.3 is 10.0 Å². The highest BCUT2D eigenvalue weighted by atomic mass is 32.2. The Balaban J connectivity index is 2.72. The molecular formula is C13H17NO5S. The molecule has 0 bridgehead atoms. The fourth-order valence-electron chi connectivity index (χ4n) is 1.63. The van der Waals surface area contributed by atoms with Gasteiger partial charge in [0.2, 0.25) is 0 Å². The summed E-state index contributed by atoms with van der Waals surface area (Å²) in [5.74, 6) is -1.33. The van der Waals surface area contributed by atoms with Crippen LogP contribution >= 0.6 is 0 Å². The number of carboxylic acid groups (broad SMARTS) is 1. The van der Waals surface area contributed by atoms with Crippen LogP contribution in [0.3, 0.4) is 0 Å². The first-order chi connectivity index (χ1) is 9.19. The third-order valence-corrected chi connectivity index (χ3v) is 3.50. The minimum absolute atomic E-state index is 0.0731. The van der Waals surface area contributed by atoms with E-state index in [0.717, 1.165) is 6.26 Å². The van der Waals surface area contributed by atoms with Crippen molar-refractivity contribution < 1.29 is 23.1 Å². The number of benzene rings is 1. The molecular weight excluding hydrogens is 282 g/mol. The standard InChI is InChI=1S/C13H17NO5S/c1-14(8-7-12(15)16)13(17)11-5-3-10(4-6-11)9-20(2,18)19/h3-6H,7-9H2,1-2H3,(H,15,16). The Morgan fingerprint density at radius 1 is 1.20 bits per heavy atom. The second-order valence-electron chi connectivity index (χ2n) is 4.64. The highest BCUT2D eigenvalue weighted by Crippen LogP contribution is 2.10. The van der Waals surface area contributed by atoms with Crippen LogP contribution in [0.25, 0.3) is 0 Å². The van der Waals surface area contributed by atoms with Gasteiger partial charge in [0.15, 0.2) is 9.84 Å². The Kier molecular flexibility index (Phi) is 5.26. The van der Waals surface area contributed by atoms with E-state index in [2.05, 4.69) is 0 Å². The predicted molar refractivity (Wildman–Crippen MR) is 74.2 cm³/mol. The van der Waals surface area contributed by atoms with Crippen LogP contribution in [-0.2, 0) is 20.4 Å². The van der Waals surface area contributed by atoms with Crippen molar-refractivity contribution in [3.8, 4) is 0 Å². The van der Waals surface area contributed by atoms with Crippen LogP contribution in [0.15, 0.2) is 24.3 Å². The second kappa shape index (κ2) is 6.51. The summed E-state index contributed by atoms with van der Waals surface area (Å²) in [6, 6.07) is 6.25. The minimum atomic E-state index is -3.11. The van der Waals surface area contributed by atoms with Crippen LogP contribution in [-0.4, -0.2) is 50.1 Å². The first kappa shape index (κ1) is 16.2. The summed E-state index contributed by atoms with van der Waals surface area (Å²) in [6.07, 6.45) is 1.03. The highest BCUT2D eigenvalue weighted by Gasteiger charge is 2.13. The number of carboxylic acids is 1. The summed E-state index contributed by atoms with van der Waals surface area (Å²) in [5, 5.41) is 8.56. The van der Waals surface area contributed by atoms with Gasteiger partial charge in [-0.2, -0.15) is 0 Å². The van der Waals surface area contributed by atoms with E-state index in [4.69, 9.17) is 5.11 Å². The van der Waals surface area contributed by atoms with Crippen LogP contribution in [0.4, 0.5) is 0 Å². The van der Waals surface area contributed by atoms with Gasteiger partial charge in [-0.15, -0.1) is 0 Å². The van der Waals surface area contributed by atoms with E-state index < -0.39 is 15.8 Å². The molecule has 110 valence electrons. The Morgan fingerprint density at radius 3 is 2.20 bits per heavy atom. The Labute approximate surface area is 117 Å². The zero-order valence-electron chi connectivity index (χ0n) is 11.4. The zero-order valence-corrected chi connectivity index (χ0v) is 12.2. The lowest BCUT2D eigenvalue weighted by Crippen LogP contribution is -2.29. The van der Waals surface area contributed by atoms with Crippen molar-refractivity contribution >= 4 is 21.7 Å². The predicted octanol–water partition coefficient (Wildman–Crippen LogP) is 0.778. The van der Waals surface area contributed by atoms with Gasteiger partial charge in [0.1, 0.15) is 0 Å². The number of hydrogen-bond donors (Lipinski definition) is 1. The van der Waals surface area contributed by atoms with Crippen LogP contribution in [0, 0.1) is 0 Å². The van der Waals surface area contributed by atoms with Gasteiger partial charge in [0.25, 0.3) is 5.91 Å². The fraction of sp³-hybridized carbons (Fsp3) is 0.385. The summed E-state index contributed by atoms with van der Waals surface area (Å²) in [5.41, 5.74) is 1.01. The molecule has 0 spiro atoms. The molecule has 0 aromatic heterocycles. The second-order valence-corrected chi connectivity index (χ2v) is 6.78. The molecule has 7 heteroatoms. The molecule has 0 aliphatic heterocycles. The maximum Gasteiger partial charge on any atom is 0.305 e. The third-order valence-electron chi connectivity index (χ3n) is 2.64. The molecule has 1 amide bonds. The summed E-state index contributed by atoms with van der Waals surface area (Å²) < 4.78 is 22.3. The summed E-state index contributed by atoms with van der Waals surface area (Å²) in [4.78, 5) is 23.7. The van der Waals surface area contributed by atoms with E-state index in [1.54, 1.807) is 24.3 Å². The lowest BCUT2D eigenvalue weighted by Gasteiger charge is -2.16. The van der Waals surface area contributed by atoms with E-state index in [-0.39, 0.29) is 24.6 Å². The molecule has 0 saturated carbocycles. The monoisotopic (exact) mass is 299 g/mol. The van der Waals surface area contributed by atoms with Crippen molar-refractivity contribution in [3.05, 3.63) is 35.4 Å². The lowest BCUT2D eigenvalue weighted by atomic mass is 10.1. The first-order valence-electron chi connectivity index (χ1n) is 5.93. The maximum atomic E-state index is 12.0. The number of amides is 1. The zero-order chi connectivity index (χ0) is 15.3. The van der Waals surface area contributed by atoms with Gasteiger partial charge in [-0.05, 0) is 17.7 Å². The molecule has 6 nitrogen and oxygen atoms in total. The summed E-state index contributed by atoms with van der Waals surface area (Å²) in [6.45, 7) is 0.124. The Hall–Kier alpha value is -1.89. The molecule has 0 unspecified atom stereocenters. The van der Waals surface area contributed by atoms with Gasteiger partial charge in [-0.25, -0.2) is 8.42 Å². The number of rotatable bonds is 6. The van der Waals surface area contributed by atoms with Crippen molar-refractivity contribution in [2.75, 3.05) is 19.8 Å². The molecule has 0 fully saturated rings. The molecule has 0 aliphatic carbocycles. The number of aliphatic carboxylic acids is 1. The van der Waals surface area contributed by atoms with Crippen LogP contribution in [0.1, 0.15) is 22.3 Å². The SMILES string of the molecule is CN(CCC(=O)O)C(=O)c1ccc(CS(C)(=O)=O)cc1. The van der Waals surface area contributed by atoms with Crippen molar-refractivity contribution in [2.24, 2.45) is 0 Å². The van der Waals surface area contributed by atoms with E-state index >= 15 is 0 Å². The topological polar surface area (TPSA) is 91.8 Å². The van der Waals surface area contributed by atoms with E-state index in [0.29, 0.717) is 11.1 Å². The number of hydrogen-bond acceptors (Lipinski definition) is 4. The first-order valence-corrected chi connectivity index (χ1v) is 7.99. The number of carbonyl (C=O) groups excluding carboxylic acids is 1. The smallest absolute Gasteiger partial charge is 0.305 e. The average Bonchev–Trinajstić information content (AvgIpc) is 2.34. The normalized spacial score (nSPS) is 11.1. The van der Waals surface area contributed by atoms with E-state index in [1.165, 1.54) is 11.9 Å². The molecule has 1 aromatic carbocycles.